The minimum absolute atomic E-state index is 0.140. The van der Waals surface area contributed by atoms with Crippen molar-refractivity contribution >= 4 is 12.0 Å². The molecule has 0 spiro atoms. The van der Waals surface area contributed by atoms with Crippen LogP contribution in [-0.2, 0) is 4.33 Å². The molecule has 1 aromatic rings. The third kappa shape index (κ3) is 3.64. The van der Waals surface area contributed by atoms with Gasteiger partial charge in [-0.15, -0.1) is 4.33 Å². The zero-order chi connectivity index (χ0) is 12.8. The molecular formula is C14H20O3S. The third-order valence-electron chi connectivity index (χ3n) is 3.70. The van der Waals surface area contributed by atoms with E-state index in [9.17, 15) is 5.11 Å². The lowest BCUT2D eigenvalue weighted by molar-refractivity contribution is -0.0783. The van der Waals surface area contributed by atoms with Gasteiger partial charge in [-0.25, -0.2) is 0 Å². The Morgan fingerprint density at radius 3 is 2.67 bits per heavy atom. The van der Waals surface area contributed by atoms with Crippen LogP contribution in [0.15, 0.2) is 30.3 Å². The van der Waals surface area contributed by atoms with Gasteiger partial charge in [0, 0.05) is 17.8 Å². The molecule has 18 heavy (non-hydrogen) atoms. The van der Waals surface area contributed by atoms with E-state index in [1.807, 2.05) is 30.3 Å². The molecule has 0 aromatic heterocycles. The first-order valence-corrected chi connectivity index (χ1v) is 7.31. The second-order valence-electron chi connectivity index (χ2n) is 5.10. The Bertz CT molecular complexity index is 351. The average molecular weight is 268 g/mol. The number of para-hydroxylation sites is 1. The molecule has 1 N–H and O–H groups in total. The molecule has 0 bridgehead atoms. The summed E-state index contributed by atoms with van der Waals surface area (Å²) < 4.78 is 5.04. The highest BCUT2D eigenvalue weighted by molar-refractivity contribution is 7.94. The zero-order valence-electron chi connectivity index (χ0n) is 10.7. The van der Waals surface area contributed by atoms with Gasteiger partial charge in [0.25, 0.3) is 0 Å². The van der Waals surface area contributed by atoms with Crippen molar-refractivity contribution in [3.8, 4) is 5.75 Å². The third-order valence-corrected chi connectivity index (χ3v) is 4.26. The van der Waals surface area contributed by atoms with Crippen molar-refractivity contribution in [2.24, 2.45) is 5.41 Å². The Morgan fingerprint density at radius 2 is 2.06 bits per heavy atom. The molecule has 1 fully saturated rings. The first-order chi connectivity index (χ1) is 8.71. The summed E-state index contributed by atoms with van der Waals surface area (Å²) >= 11 is 1.24. The normalized spacial score (nSPS) is 19.0. The van der Waals surface area contributed by atoms with Crippen LogP contribution >= 0.6 is 12.0 Å². The maximum Gasteiger partial charge on any atom is 0.166 e. The maximum atomic E-state index is 10.0. The van der Waals surface area contributed by atoms with Gasteiger partial charge in [-0.2, -0.15) is 0 Å². The van der Waals surface area contributed by atoms with Crippen LogP contribution in [0.4, 0.5) is 0 Å². The van der Waals surface area contributed by atoms with Gasteiger partial charge in [0.15, 0.2) is 5.75 Å². The van der Waals surface area contributed by atoms with E-state index in [4.69, 9.17) is 9.22 Å². The highest BCUT2D eigenvalue weighted by Crippen LogP contribution is 2.44. The Morgan fingerprint density at radius 1 is 1.33 bits per heavy atom. The summed E-state index contributed by atoms with van der Waals surface area (Å²) in [6.07, 6.45) is 4.05. The molecular weight excluding hydrogens is 248 g/mol. The van der Waals surface area contributed by atoms with E-state index in [1.165, 1.54) is 18.5 Å². The van der Waals surface area contributed by atoms with E-state index in [2.05, 4.69) is 6.92 Å². The fraction of sp³-hybridized carbons (Fsp3) is 0.571. The standard InChI is InChI=1S/C14H20O3S/c1-14(9-5-10-14)13(15)8-11-18-17-16-12-6-3-2-4-7-12/h2-4,6-7,13,15H,5,8-11H2,1H3. The van der Waals surface area contributed by atoms with E-state index in [1.54, 1.807) is 0 Å². The van der Waals surface area contributed by atoms with Crippen LogP contribution in [-0.4, -0.2) is 17.0 Å². The van der Waals surface area contributed by atoms with Crippen molar-refractivity contribution < 1.29 is 14.3 Å². The highest BCUT2D eigenvalue weighted by atomic mass is 32.2. The molecule has 0 heterocycles. The summed E-state index contributed by atoms with van der Waals surface area (Å²) in [5.41, 5.74) is 0.140. The summed E-state index contributed by atoms with van der Waals surface area (Å²) in [7, 11) is 0. The van der Waals surface area contributed by atoms with E-state index in [0.717, 1.165) is 25.0 Å². The van der Waals surface area contributed by atoms with Gasteiger partial charge in [-0.3, -0.25) is 0 Å². The number of aliphatic hydroxyl groups is 1. The molecule has 0 amide bonds. The molecule has 2 rings (SSSR count). The number of hydrogen-bond donors (Lipinski definition) is 1. The molecule has 1 aliphatic carbocycles. The van der Waals surface area contributed by atoms with Gasteiger partial charge in [0.05, 0.1) is 6.10 Å². The number of hydrogen-bond acceptors (Lipinski definition) is 4. The Kier molecular flexibility index (Phi) is 4.92. The summed E-state index contributed by atoms with van der Waals surface area (Å²) in [5.74, 6) is 1.43. The molecule has 1 aromatic carbocycles. The van der Waals surface area contributed by atoms with Gasteiger partial charge < -0.3 is 9.99 Å². The molecule has 1 unspecified atom stereocenters. The van der Waals surface area contributed by atoms with Crippen LogP contribution in [0.5, 0.6) is 5.75 Å². The summed E-state index contributed by atoms with van der Waals surface area (Å²) in [4.78, 5) is 5.10. The molecule has 1 saturated carbocycles. The predicted molar refractivity (Wildman–Crippen MR) is 73.2 cm³/mol. The van der Waals surface area contributed by atoms with Crippen LogP contribution < -0.4 is 4.89 Å². The first-order valence-electron chi connectivity index (χ1n) is 6.40. The predicted octanol–water partition coefficient (Wildman–Crippen LogP) is 3.59. The molecule has 4 heteroatoms. The lowest BCUT2D eigenvalue weighted by Gasteiger charge is -2.42. The Hall–Kier alpha value is -0.710. The van der Waals surface area contributed by atoms with Gasteiger partial charge in [0.1, 0.15) is 0 Å². The lowest BCUT2D eigenvalue weighted by atomic mass is 9.66. The summed E-state index contributed by atoms with van der Waals surface area (Å²) in [6.45, 7) is 2.16. The van der Waals surface area contributed by atoms with Crippen LogP contribution in [0.2, 0.25) is 0 Å². The molecule has 0 radical (unpaired) electrons. The first kappa shape index (κ1) is 13.7. The van der Waals surface area contributed by atoms with Crippen molar-refractivity contribution in [3.05, 3.63) is 30.3 Å². The monoisotopic (exact) mass is 268 g/mol. The summed E-state index contributed by atoms with van der Waals surface area (Å²) in [6, 6.07) is 9.39. The summed E-state index contributed by atoms with van der Waals surface area (Å²) in [5, 5.41) is 10.0. The fourth-order valence-corrected chi connectivity index (χ4v) is 2.66. The van der Waals surface area contributed by atoms with Crippen molar-refractivity contribution in [1.29, 1.82) is 0 Å². The molecule has 1 atom stereocenters. The number of aliphatic hydroxyl groups excluding tert-OH is 1. The van der Waals surface area contributed by atoms with E-state index >= 15 is 0 Å². The molecule has 100 valence electrons. The molecule has 3 nitrogen and oxygen atoms in total. The van der Waals surface area contributed by atoms with E-state index in [-0.39, 0.29) is 11.5 Å². The largest absolute Gasteiger partial charge is 0.393 e. The number of benzene rings is 1. The minimum atomic E-state index is -0.223. The van der Waals surface area contributed by atoms with Crippen molar-refractivity contribution in [3.63, 3.8) is 0 Å². The van der Waals surface area contributed by atoms with E-state index < -0.39 is 0 Å². The minimum Gasteiger partial charge on any atom is -0.393 e. The second kappa shape index (κ2) is 6.45. The van der Waals surface area contributed by atoms with Crippen molar-refractivity contribution in [2.45, 2.75) is 38.7 Å². The molecule has 0 aliphatic heterocycles. The quantitative estimate of drug-likeness (QED) is 0.355. The average Bonchev–Trinajstić information content (AvgIpc) is 2.36. The SMILES string of the molecule is CC1(C(O)CCSOOc2ccccc2)CCC1. The van der Waals surface area contributed by atoms with Crippen LogP contribution in [0.25, 0.3) is 0 Å². The van der Waals surface area contributed by atoms with Crippen LogP contribution in [0.3, 0.4) is 0 Å². The highest BCUT2D eigenvalue weighted by Gasteiger charge is 2.38. The van der Waals surface area contributed by atoms with Crippen LogP contribution in [0.1, 0.15) is 32.6 Å². The van der Waals surface area contributed by atoms with Gasteiger partial charge in [0.2, 0.25) is 0 Å². The zero-order valence-corrected chi connectivity index (χ0v) is 11.5. The Labute approximate surface area is 113 Å². The maximum absolute atomic E-state index is 10.0. The smallest absolute Gasteiger partial charge is 0.166 e. The number of rotatable bonds is 7. The fourth-order valence-electron chi connectivity index (χ4n) is 2.15. The Balaban J connectivity index is 1.56. The van der Waals surface area contributed by atoms with Crippen LogP contribution in [0, 0.1) is 5.41 Å². The topological polar surface area (TPSA) is 38.7 Å². The van der Waals surface area contributed by atoms with Gasteiger partial charge in [-0.05, 0) is 36.8 Å². The van der Waals surface area contributed by atoms with Gasteiger partial charge >= 0.3 is 0 Å². The lowest BCUT2D eigenvalue weighted by Crippen LogP contribution is -2.38. The molecule has 0 saturated heterocycles. The second-order valence-corrected chi connectivity index (χ2v) is 5.88. The van der Waals surface area contributed by atoms with E-state index in [0.29, 0.717) is 5.75 Å². The van der Waals surface area contributed by atoms with Gasteiger partial charge in [-0.1, -0.05) is 31.5 Å². The van der Waals surface area contributed by atoms with Crippen molar-refractivity contribution in [1.82, 2.24) is 0 Å². The molecule has 1 aliphatic rings. The van der Waals surface area contributed by atoms with Crippen molar-refractivity contribution in [2.75, 3.05) is 5.75 Å².